The van der Waals surface area contributed by atoms with Gasteiger partial charge in [0.2, 0.25) is 0 Å². The molecule has 0 aromatic heterocycles. The van der Waals surface area contributed by atoms with Crippen molar-refractivity contribution in [1.29, 1.82) is 0 Å². The molecule has 22 heavy (non-hydrogen) atoms. The first-order chi connectivity index (χ1) is 10.2. The highest BCUT2D eigenvalue weighted by atomic mass is 16.3. The van der Waals surface area contributed by atoms with Gasteiger partial charge in [-0.25, -0.2) is 0 Å². The van der Waals surface area contributed by atoms with E-state index in [0.29, 0.717) is 12.3 Å². The molecule has 0 aromatic rings. The molecule has 2 heteroatoms. The van der Waals surface area contributed by atoms with E-state index in [4.69, 9.17) is 0 Å². The largest absolute Gasteiger partial charge is 0.390 e. The quantitative estimate of drug-likeness (QED) is 0.451. The summed E-state index contributed by atoms with van der Waals surface area (Å²) in [6.07, 6.45) is 10.2. The molecule has 0 spiro atoms. The second kappa shape index (κ2) is 11.2. The molecule has 0 saturated carbocycles. The van der Waals surface area contributed by atoms with Gasteiger partial charge in [-0.1, -0.05) is 72.3 Å². The zero-order valence-electron chi connectivity index (χ0n) is 15.6. The molecule has 4 unspecified atom stereocenters. The smallest absolute Gasteiger partial charge is 0.105 e. The number of aliphatic hydroxyl groups is 2. The second-order valence-electron chi connectivity index (χ2n) is 7.99. The van der Waals surface area contributed by atoms with Crippen molar-refractivity contribution in [3.8, 4) is 0 Å². The minimum atomic E-state index is -1.16. The van der Waals surface area contributed by atoms with Gasteiger partial charge in [0.15, 0.2) is 0 Å². The van der Waals surface area contributed by atoms with E-state index in [1.165, 1.54) is 44.6 Å². The van der Waals surface area contributed by atoms with Crippen LogP contribution in [0.25, 0.3) is 0 Å². The molecule has 0 aromatic carbocycles. The van der Waals surface area contributed by atoms with E-state index in [0.717, 1.165) is 18.3 Å². The molecular formula is C20H40O2. The molecule has 0 amide bonds. The molecule has 0 saturated heterocycles. The van der Waals surface area contributed by atoms with Gasteiger partial charge in [-0.3, -0.25) is 0 Å². The Kier molecular flexibility index (Phi) is 11.1. The molecular weight excluding hydrogens is 272 g/mol. The second-order valence-corrected chi connectivity index (χ2v) is 7.99. The maximum absolute atomic E-state index is 9.96. The van der Waals surface area contributed by atoms with Crippen molar-refractivity contribution in [2.45, 2.75) is 97.7 Å². The van der Waals surface area contributed by atoms with Gasteiger partial charge in [0, 0.05) is 0 Å². The Morgan fingerprint density at radius 3 is 1.77 bits per heavy atom. The predicted octanol–water partition coefficient (Wildman–Crippen LogP) is 5.33. The fraction of sp³-hybridized carbons (Fsp3) is 0.900. The van der Waals surface area contributed by atoms with E-state index in [2.05, 4.69) is 34.3 Å². The summed E-state index contributed by atoms with van der Waals surface area (Å²) in [5.74, 6) is 2.27. The number of rotatable bonds is 13. The van der Waals surface area contributed by atoms with Gasteiger partial charge in [0.1, 0.15) is 5.60 Å². The molecule has 4 atom stereocenters. The van der Waals surface area contributed by atoms with Crippen LogP contribution in [-0.2, 0) is 0 Å². The van der Waals surface area contributed by atoms with Crippen molar-refractivity contribution in [3.63, 3.8) is 0 Å². The highest BCUT2D eigenvalue weighted by molar-refractivity contribution is 4.97. The molecule has 0 fully saturated rings. The zero-order chi connectivity index (χ0) is 17.2. The summed E-state index contributed by atoms with van der Waals surface area (Å²) < 4.78 is 0. The van der Waals surface area contributed by atoms with Crippen LogP contribution in [0.4, 0.5) is 0 Å². The Bertz CT molecular complexity index is 283. The first kappa shape index (κ1) is 21.7. The molecule has 0 rings (SSSR count). The lowest BCUT2D eigenvalue weighted by Crippen LogP contribution is -2.37. The maximum atomic E-state index is 9.96. The summed E-state index contributed by atoms with van der Waals surface area (Å²) in [5.41, 5.74) is -1.16. The summed E-state index contributed by atoms with van der Waals surface area (Å²) in [4.78, 5) is 0. The highest BCUT2D eigenvalue weighted by Gasteiger charge is 2.26. The Morgan fingerprint density at radius 1 is 0.864 bits per heavy atom. The van der Waals surface area contributed by atoms with Crippen LogP contribution >= 0.6 is 0 Å². The average molecular weight is 313 g/mol. The molecule has 2 nitrogen and oxygen atoms in total. The fourth-order valence-corrected chi connectivity index (χ4v) is 2.85. The van der Waals surface area contributed by atoms with Crippen LogP contribution in [0.15, 0.2) is 12.7 Å². The average Bonchev–Trinajstić information content (AvgIpc) is 2.44. The monoisotopic (exact) mass is 312 g/mol. The lowest BCUT2D eigenvalue weighted by atomic mass is 9.89. The molecule has 0 aliphatic rings. The topological polar surface area (TPSA) is 40.5 Å². The molecule has 0 aliphatic heterocycles. The van der Waals surface area contributed by atoms with Crippen molar-refractivity contribution >= 4 is 0 Å². The van der Waals surface area contributed by atoms with E-state index in [9.17, 15) is 10.2 Å². The Labute approximate surface area is 139 Å². The fourth-order valence-electron chi connectivity index (χ4n) is 2.85. The van der Waals surface area contributed by atoms with Crippen molar-refractivity contribution in [2.24, 2.45) is 17.8 Å². The van der Waals surface area contributed by atoms with E-state index in [-0.39, 0.29) is 0 Å². The van der Waals surface area contributed by atoms with Crippen LogP contribution in [0.3, 0.4) is 0 Å². The van der Waals surface area contributed by atoms with Gasteiger partial charge in [0.05, 0.1) is 6.10 Å². The molecule has 0 bridgehead atoms. The first-order valence-corrected chi connectivity index (χ1v) is 9.23. The normalized spacial score (nSPS) is 18.7. The first-order valence-electron chi connectivity index (χ1n) is 9.23. The Balaban J connectivity index is 3.73. The minimum Gasteiger partial charge on any atom is -0.390 e. The summed E-state index contributed by atoms with van der Waals surface area (Å²) in [6, 6.07) is 0. The van der Waals surface area contributed by atoms with Crippen LogP contribution in [0.1, 0.15) is 86.0 Å². The predicted molar refractivity (Wildman–Crippen MR) is 96.9 cm³/mol. The van der Waals surface area contributed by atoms with E-state index >= 15 is 0 Å². The number of aliphatic hydroxyl groups excluding tert-OH is 1. The summed E-state index contributed by atoms with van der Waals surface area (Å²) in [7, 11) is 0. The molecule has 2 N–H and O–H groups in total. The third kappa shape index (κ3) is 10.4. The van der Waals surface area contributed by atoms with Crippen molar-refractivity contribution in [1.82, 2.24) is 0 Å². The van der Waals surface area contributed by atoms with Gasteiger partial charge in [0.25, 0.3) is 0 Å². The van der Waals surface area contributed by atoms with Crippen LogP contribution in [-0.4, -0.2) is 21.9 Å². The number of hydrogen-bond acceptors (Lipinski definition) is 2. The van der Waals surface area contributed by atoms with Crippen molar-refractivity contribution in [3.05, 3.63) is 12.7 Å². The van der Waals surface area contributed by atoms with Gasteiger partial charge in [-0.2, -0.15) is 0 Å². The van der Waals surface area contributed by atoms with E-state index in [1.54, 1.807) is 6.92 Å². The molecule has 0 radical (unpaired) electrons. The zero-order valence-corrected chi connectivity index (χ0v) is 15.6. The minimum absolute atomic E-state index is 0.609. The van der Waals surface area contributed by atoms with Crippen LogP contribution in [0.5, 0.6) is 0 Å². The SMILES string of the molecule is C=CC(C)(O)C(O)CCC(C)CCCC(C)CCCC(C)C. The molecule has 0 aliphatic carbocycles. The van der Waals surface area contributed by atoms with Crippen LogP contribution in [0.2, 0.25) is 0 Å². The standard InChI is InChI=1S/C20H40O2/c1-7-20(6,22)19(21)15-14-18(5)13-9-12-17(4)11-8-10-16(2)3/h7,16-19,21-22H,1,8-15H2,2-6H3. The van der Waals surface area contributed by atoms with Gasteiger partial charge in [-0.15, -0.1) is 6.58 Å². The van der Waals surface area contributed by atoms with Gasteiger partial charge >= 0.3 is 0 Å². The highest BCUT2D eigenvalue weighted by Crippen LogP contribution is 2.23. The maximum Gasteiger partial charge on any atom is 0.105 e. The Morgan fingerprint density at radius 2 is 1.32 bits per heavy atom. The Hall–Kier alpha value is -0.340. The molecule has 0 heterocycles. The molecule has 132 valence electrons. The summed E-state index contributed by atoms with van der Waals surface area (Å²) >= 11 is 0. The number of hydrogen-bond donors (Lipinski definition) is 2. The van der Waals surface area contributed by atoms with Crippen molar-refractivity contribution < 1.29 is 10.2 Å². The third-order valence-corrected chi connectivity index (χ3v) is 4.89. The lowest BCUT2D eigenvalue weighted by Gasteiger charge is -2.26. The van der Waals surface area contributed by atoms with Gasteiger partial charge in [-0.05, 0) is 37.5 Å². The van der Waals surface area contributed by atoms with Crippen LogP contribution < -0.4 is 0 Å². The lowest BCUT2D eigenvalue weighted by molar-refractivity contribution is -0.0323. The summed E-state index contributed by atoms with van der Waals surface area (Å²) in [5, 5.41) is 19.9. The summed E-state index contributed by atoms with van der Waals surface area (Å²) in [6.45, 7) is 14.4. The van der Waals surface area contributed by atoms with Crippen molar-refractivity contribution in [2.75, 3.05) is 0 Å². The van der Waals surface area contributed by atoms with E-state index < -0.39 is 11.7 Å². The van der Waals surface area contributed by atoms with E-state index in [1.807, 2.05) is 0 Å². The van der Waals surface area contributed by atoms with Crippen LogP contribution in [0, 0.1) is 17.8 Å². The third-order valence-electron chi connectivity index (χ3n) is 4.89. The van der Waals surface area contributed by atoms with Gasteiger partial charge < -0.3 is 10.2 Å².